The van der Waals surface area contributed by atoms with Gasteiger partial charge in [0.05, 0.1) is 0 Å². The normalized spacial score (nSPS) is 10.7. The van der Waals surface area contributed by atoms with E-state index in [4.69, 9.17) is 5.11 Å². The Morgan fingerprint density at radius 1 is 0.765 bits per heavy atom. The quantitative estimate of drug-likeness (QED) is 0.391. The molecule has 17 heavy (non-hydrogen) atoms. The molecule has 0 heterocycles. The van der Waals surface area contributed by atoms with Gasteiger partial charge in [-0.2, -0.15) is 12.6 Å². The first kappa shape index (κ1) is 17.0. The Hall–Kier alpha value is -0.0200. The van der Waals surface area contributed by atoms with Crippen LogP contribution in [0.4, 0.5) is 0 Å². The van der Waals surface area contributed by atoms with Crippen LogP contribution in [0.1, 0.15) is 70.6 Å². The topological polar surface area (TPSA) is 37.3 Å². The molecule has 0 aliphatic rings. The summed E-state index contributed by atoms with van der Waals surface area (Å²) in [5, 5.41) is 8.61. The molecule has 0 saturated heterocycles. The summed E-state index contributed by atoms with van der Waals surface area (Å²) in [7, 11) is 0. The first-order valence-electron chi connectivity index (χ1n) is 7.04. The Morgan fingerprint density at radius 2 is 1.24 bits per heavy atom. The van der Waals surface area contributed by atoms with E-state index in [0.29, 0.717) is 12.4 Å². The Labute approximate surface area is 112 Å². The number of rotatable bonds is 13. The van der Waals surface area contributed by atoms with E-state index in [1.165, 1.54) is 12.8 Å². The van der Waals surface area contributed by atoms with Crippen LogP contribution in [0.15, 0.2) is 0 Å². The Kier molecular flexibility index (Phi) is 14.0. The lowest BCUT2D eigenvalue weighted by molar-refractivity contribution is -0.119. The van der Waals surface area contributed by atoms with Crippen molar-refractivity contribution in [3.8, 4) is 0 Å². The molecule has 0 fully saturated rings. The highest BCUT2D eigenvalue weighted by Gasteiger charge is 2.01. The third-order valence-electron chi connectivity index (χ3n) is 2.98. The van der Waals surface area contributed by atoms with Crippen molar-refractivity contribution in [1.29, 1.82) is 0 Å². The predicted molar refractivity (Wildman–Crippen MR) is 76.7 cm³/mol. The zero-order valence-corrected chi connectivity index (χ0v) is 11.9. The number of Topliss-reactive ketones (excluding diaryl/α,β-unsaturated/α-hetero) is 1. The van der Waals surface area contributed by atoms with Gasteiger partial charge in [0, 0.05) is 19.4 Å². The van der Waals surface area contributed by atoms with Crippen LogP contribution in [-0.2, 0) is 4.79 Å². The number of ketones is 1. The molecule has 0 aromatic rings. The molecule has 0 saturated carbocycles. The van der Waals surface area contributed by atoms with E-state index in [0.717, 1.165) is 63.5 Å². The summed E-state index contributed by atoms with van der Waals surface area (Å²) in [4.78, 5) is 11.5. The Balaban J connectivity index is 3.11. The maximum atomic E-state index is 11.5. The minimum Gasteiger partial charge on any atom is -0.396 e. The van der Waals surface area contributed by atoms with Crippen LogP contribution in [0.25, 0.3) is 0 Å². The van der Waals surface area contributed by atoms with Gasteiger partial charge in [0.2, 0.25) is 0 Å². The number of aliphatic hydroxyl groups excluding tert-OH is 1. The average molecular weight is 260 g/mol. The largest absolute Gasteiger partial charge is 0.396 e. The van der Waals surface area contributed by atoms with Crippen LogP contribution in [0.5, 0.6) is 0 Å². The lowest BCUT2D eigenvalue weighted by Crippen LogP contribution is -1.97. The highest BCUT2D eigenvalue weighted by atomic mass is 32.1. The molecule has 0 radical (unpaired) electrons. The zero-order chi connectivity index (χ0) is 12.8. The monoisotopic (exact) mass is 260 g/mol. The molecule has 0 aliphatic heterocycles. The van der Waals surface area contributed by atoms with Gasteiger partial charge in [-0.1, -0.05) is 32.1 Å². The third-order valence-corrected chi connectivity index (χ3v) is 3.29. The molecule has 102 valence electrons. The van der Waals surface area contributed by atoms with Gasteiger partial charge in [-0.3, -0.25) is 4.79 Å². The van der Waals surface area contributed by atoms with E-state index in [1.807, 2.05) is 0 Å². The minimum atomic E-state index is 0.310. The van der Waals surface area contributed by atoms with Crippen molar-refractivity contribution in [3.05, 3.63) is 0 Å². The molecule has 3 heteroatoms. The number of unbranched alkanes of at least 4 members (excludes halogenated alkanes) is 7. The van der Waals surface area contributed by atoms with Crippen LogP contribution in [0.2, 0.25) is 0 Å². The lowest BCUT2D eigenvalue weighted by Gasteiger charge is -2.02. The second-order valence-electron chi connectivity index (χ2n) is 4.67. The summed E-state index contributed by atoms with van der Waals surface area (Å²) in [6.45, 7) is 0.310. The van der Waals surface area contributed by atoms with Crippen molar-refractivity contribution >= 4 is 18.4 Å². The highest BCUT2D eigenvalue weighted by molar-refractivity contribution is 7.80. The summed E-state index contributed by atoms with van der Waals surface area (Å²) in [6.07, 6.45) is 11.5. The zero-order valence-electron chi connectivity index (χ0n) is 11.0. The van der Waals surface area contributed by atoms with Gasteiger partial charge >= 0.3 is 0 Å². The van der Waals surface area contributed by atoms with E-state index in [1.54, 1.807) is 0 Å². The van der Waals surface area contributed by atoms with Crippen molar-refractivity contribution in [1.82, 2.24) is 0 Å². The molecular formula is C14H28O2S. The van der Waals surface area contributed by atoms with Gasteiger partial charge in [0.1, 0.15) is 5.78 Å². The molecule has 0 atom stereocenters. The van der Waals surface area contributed by atoms with Gasteiger partial charge in [-0.25, -0.2) is 0 Å². The van der Waals surface area contributed by atoms with E-state index in [-0.39, 0.29) is 0 Å². The summed E-state index contributed by atoms with van der Waals surface area (Å²) >= 11 is 4.15. The van der Waals surface area contributed by atoms with Crippen LogP contribution in [0, 0.1) is 0 Å². The van der Waals surface area contributed by atoms with Gasteiger partial charge in [0.15, 0.2) is 0 Å². The lowest BCUT2D eigenvalue weighted by atomic mass is 10.0. The Morgan fingerprint density at radius 3 is 1.76 bits per heavy atom. The second-order valence-corrected chi connectivity index (χ2v) is 5.12. The van der Waals surface area contributed by atoms with Gasteiger partial charge in [-0.05, 0) is 31.4 Å². The third kappa shape index (κ3) is 13.9. The molecule has 2 nitrogen and oxygen atoms in total. The van der Waals surface area contributed by atoms with Crippen molar-refractivity contribution in [2.75, 3.05) is 12.4 Å². The number of carbonyl (C=O) groups is 1. The van der Waals surface area contributed by atoms with E-state index < -0.39 is 0 Å². The molecule has 0 aromatic heterocycles. The SMILES string of the molecule is O=C(CCCCCS)CCCCCCCCO. The molecule has 0 aromatic carbocycles. The first-order chi connectivity index (χ1) is 8.31. The van der Waals surface area contributed by atoms with Crippen LogP contribution < -0.4 is 0 Å². The number of carbonyl (C=O) groups excluding carboxylic acids is 1. The first-order valence-corrected chi connectivity index (χ1v) is 7.68. The molecule has 0 aliphatic carbocycles. The summed E-state index contributed by atoms with van der Waals surface area (Å²) in [5.41, 5.74) is 0. The average Bonchev–Trinajstić information content (AvgIpc) is 2.33. The van der Waals surface area contributed by atoms with Crippen molar-refractivity contribution in [2.45, 2.75) is 70.6 Å². The second kappa shape index (κ2) is 14.0. The maximum Gasteiger partial charge on any atom is 0.132 e. The predicted octanol–water partition coefficient (Wildman–Crippen LogP) is 3.77. The van der Waals surface area contributed by atoms with Gasteiger partial charge < -0.3 is 5.11 Å². The smallest absolute Gasteiger partial charge is 0.132 e. The number of hydrogen-bond acceptors (Lipinski definition) is 3. The van der Waals surface area contributed by atoms with E-state index in [9.17, 15) is 4.79 Å². The molecule has 0 spiro atoms. The van der Waals surface area contributed by atoms with E-state index in [2.05, 4.69) is 12.6 Å². The van der Waals surface area contributed by atoms with Gasteiger partial charge in [-0.15, -0.1) is 0 Å². The summed E-state index contributed by atoms with van der Waals surface area (Å²) in [5.74, 6) is 1.36. The van der Waals surface area contributed by atoms with Crippen LogP contribution in [0.3, 0.4) is 0 Å². The van der Waals surface area contributed by atoms with Crippen molar-refractivity contribution < 1.29 is 9.90 Å². The molecular weight excluding hydrogens is 232 g/mol. The van der Waals surface area contributed by atoms with E-state index >= 15 is 0 Å². The molecule has 0 rings (SSSR count). The molecule has 1 N–H and O–H groups in total. The molecule has 0 amide bonds. The Bertz CT molecular complexity index is 172. The number of hydrogen-bond donors (Lipinski definition) is 2. The van der Waals surface area contributed by atoms with Crippen molar-refractivity contribution in [3.63, 3.8) is 0 Å². The van der Waals surface area contributed by atoms with Crippen molar-refractivity contribution in [2.24, 2.45) is 0 Å². The van der Waals surface area contributed by atoms with Crippen LogP contribution >= 0.6 is 12.6 Å². The number of aliphatic hydroxyl groups is 1. The summed E-state index contributed by atoms with van der Waals surface area (Å²) < 4.78 is 0. The van der Waals surface area contributed by atoms with Gasteiger partial charge in [0.25, 0.3) is 0 Å². The standard InChI is InChI=1S/C14H28O2S/c15-12-8-4-2-1-3-6-10-14(16)11-7-5-9-13-17/h15,17H,1-13H2. The summed E-state index contributed by atoms with van der Waals surface area (Å²) in [6, 6.07) is 0. The fourth-order valence-electron chi connectivity index (χ4n) is 1.88. The maximum absolute atomic E-state index is 11.5. The molecule has 0 bridgehead atoms. The minimum absolute atomic E-state index is 0.310. The fourth-order valence-corrected chi connectivity index (χ4v) is 2.10. The molecule has 0 unspecified atom stereocenters. The van der Waals surface area contributed by atoms with Crippen LogP contribution in [-0.4, -0.2) is 23.2 Å². The highest BCUT2D eigenvalue weighted by Crippen LogP contribution is 2.09. The number of thiol groups is 1. The fraction of sp³-hybridized carbons (Fsp3) is 0.929.